The molecule has 1 saturated heterocycles. The first-order valence-electron chi connectivity index (χ1n) is 9.90. The van der Waals surface area contributed by atoms with E-state index in [2.05, 4.69) is 26.3 Å². The molecule has 1 aliphatic heterocycles. The van der Waals surface area contributed by atoms with Crippen molar-refractivity contribution in [2.45, 2.75) is 58.4 Å². The highest BCUT2D eigenvalue weighted by molar-refractivity contribution is 5.89. The summed E-state index contributed by atoms with van der Waals surface area (Å²) >= 11 is 0. The normalized spacial score (nSPS) is 24.1. The Morgan fingerprint density at radius 3 is 1.45 bits per heavy atom. The van der Waals surface area contributed by atoms with Gasteiger partial charge >= 0.3 is 23.9 Å². The van der Waals surface area contributed by atoms with Gasteiger partial charge in [-0.2, -0.15) is 0 Å². The minimum absolute atomic E-state index is 0.0377. The molecule has 0 aromatic carbocycles. The molecule has 1 heterocycles. The van der Waals surface area contributed by atoms with Crippen LogP contribution in [-0.4, -0.2) is 68.3 Å². The lowest BCUT2D eigenvalue weighted by molar-refractivity contribution is -0.301. The van der Waals surface area contributed by atoms with Crippen molar-refractivity contribution < 1.29 is 47.6 Å². The largest absolute Gasteiger partial charge is 0.459 e. The molecule has 1 aliphatic rings. The van der Waals surface area contributed by atoms with Crippen molar-refractivity contribution in [2.24, 2.45) is 0 Å². The highest BCUT2D eigenvalue weighted by atomic mass is 16.7. The van der Waals surface area contributed by atoms with Crippen LogP contribution in [0, 0.1) is 0 Å². The summed E-state index contributed by atoms with van der Waals surface area (Å²) in [5, 5.41) is 0. The van der Waals surface area contributed by atoms with Crippen LogP contribution in [0.15, 0.2) is 48.6 Å². The molecule has 0 saturated carbocycles. The molecular weight excluding hydrogens is 436 g/mol. The van der Waals surface area contributed by atoms with Crippen LogP contribution < -0.4 is 0 Å². The number of hydrogen-bond donors (Lipinski definition) is 0. The third kappa shape index (κ3) is 7.69. The molecule has 0 aromatic heterocycles. The number of carbonyl (C=O) groups is 4. The lowest BCUT2D eigenvalue weighted by Crippen LogP contribution is -2.63. The van der Waals surface area contributed by atoms with Crippen LogP contribution in [0.25, 0.3) is 0 Å². The van der Waals surface area contributed by atoms with Gasteiger partial charge in [-0.1, -0.05) is 26.3 Å². The smallest absolute Gasteiger partial charge is 0.333 e. The summed E-state index contributed by atoms with van der Waals surface area (Å²) < 4.78 is 32.6. The summed E-state index contributed by atoms with van der Waals surface area (Å²) in [6, 6.07) is 0. The monoisotopic (exact) mass is 466 g/mol. The molecule has 10 heteroatoms. The van der Waals surface area contributed by atoms with Gasteiger partial charge in [0.15, 0.2) is 24.6 Å². The molecule has 0 N–H and O–H groups in total. The zero-order chi connectivity index (χ0) is 25.5. The van der Waals surface area contributed by atoms with Crippen LogP contribution in [0.5, 0.6) is 0 Å². The first-order valence-corrected chi connectivity index (χ1v) is 9.90. The van der Waals surface area contributed by atoms with E-state index in [4.69, 9.17) is 28.4 Å². The highest BCUT2D eigenvalue weighted by Crippen LogP contribution is 2.30. The van der Waals surface area contributed by atoms with Crippen molar-refractivity contribution in [3.8, 4) is 0 Å². The average Bonchev–Trinajstić information content (AvgIpc) is 2.73. The molecule has 182 valence electrons. The second-order valence-corrected chi connectivity index (χ2v) is 7.61. The Hall–Kier alpha value is -3.24. The van der Waals surface area contributed by atoms with Crippen LogP contribution >= 0.6 is 0 Å². The van der Waals surface area contributed by atoms with E-state index in [0.717, 1.165) is 0 Å². The number of methoxy groups -OCH3 is 1. The Bertz CT molecular complexity index is 855. The number of esters is 4. The summed E-state index contributed by atoms with van der Waals surface area (Å²) in [5.41, 5.74) is 0.267. The topological polar surface area (TPSA) is 124 Å². The molecule has 0 bridgehead atoms. The van der Waals surface area contributed by atoms with Gasteiger partial charge in [-0.15, -0.1) is 0 Å². The Morgan fingerprint density at radius 2 is 1.06 bits per heavy atom. The quantitative estimate of drug-likeness (QED) is 0.268. The van der Waals surface area contributed by atoms with Gasteiger partial charge in [-0.05, 0) is 27.7 Å². The lowest BCUT2D eigenvalue weighted by Gasteiger charge is -2.44. The third-order valence-corrected chi connectivity index (χ3v) is 4.33. The molecule has 0 spiro atoms. The first kappa shape index (κ1) is 27.8. The minimum atomic E-state index is -1.41. The zero-order valence-electron chi connectivity index (χ0n) is 19.5. The highest BCUT2D eigenvalue weighted by Gasteiger charge is 2.53. The van der Waals surface area contributed by atoms with Crippen molar-refractivity contribution in [3.05, 3.63) is 48.6 Å². The van der Waals surface area contributed by atoms with E-state index in [1.54, 1.807) is 0 Å². The van der Waals surface area contributed by atoms with Crippen molar-refractivity contribution in [3.63, 3.8) is 0 Å². The van der Waals surface area contributed by atoms with Crippen molar-refractivity contribution in [2.75, 3.05) is 13.7 Å². The Labute approximate surface area is 192 Å². The van der Waals surface area contributed by atoms with Crippen LogP contribution in [0.4, 0.5) is 0 Å². The predicted octanol–water partition coefficient (Wildman–Crippen LogP) is 1.94. The molecule has 1 rings (SSSR count). The van der Waals surface area contributed by atoms with Gasteiger partial charge in [0.25, 0.3) is 0 Å². The maximum atomic E-state index is 12.4. The van der Waals surface area contributed by atoms with Gasteiger partial charge in [0.1, 0.15) is 12.7 Å². The van der Waals surface area contributed by atoms with Gasteiger partial charge in [-0.25, -0.2) is 19.2 Å². The Kier molecular flexibility index (Phi) is 10.2. The second-order valence-electron chi connectivity index (χ2n) is 7.61. The predicted molar refractivity (Wildman–Crippen MR) is 116 cm³/mol. The maximum Gasteiger partial charge on any atom is 0.333 e. The van der Waals surface area contributed by atoms with E-state index in [1.165, 1.54) is 34.8 Å². The van der Waals surface area contributed by atoms with E-state index in [-0.39, 0.29) is 22.3 Å². The number of rotatable bonds is 10. The SMILES string of the molecule is C=C(C)C(=O)OCC1OC(OC)C(OC(=O)C(=C)C)C(OC(=O)C(=C)C)C1OC(=O)C(=C)C. The average molecular weight is 466 g/mol. The summed E-state index contributed by atoms with van der Waals surface area (Å²) in [5.74, 6) is -3.22. The Balaban J connectivity index is 3.45. The van der Waals surface area contributed by atoms with E-state index in [9.17, 15) is 19.2 Å². The number of ether oxygens (including phenoxy) is 6. The molecule has 0 amide bonds. The number of hydrogen-bond acceptors (Lipinski definition) is 10. The molecule has 1 fully saturated rings. The molecular formula is C23H30O10. The molecule has 5 unspecified atom stereocenters. The summed E-state index contributed by atoms with van der Waals surface area (Å²) in [7, 11) is 1.26. The van der Waals surface area contributed by atoms with E-state index in [1.807, 2.05) is 0 Å². The van der Waals surface area contributed by atoms with Gasteiger partial charge in [0.05, 0.1) is 0 Å². The first-order chi connectivity index (χ1) is 15.3. The fraction of sp³-hybridized carbons (Fsp3) is 0.478. The Morgan fingerprint density at radius 1 is 0.667 bits per heavy atom. The van der Waals surface area contributed by atoms with Crippen molar-refractivity contribution in [1.82, 2.24) is 0 Å². The second kappa shape index (κ2) is 12.1. The fourth-order valence-corrected chi connectivity index (χ4v) is 2.56. The summed E-state index contributed by atoms with van der Waals surface area (Å²) in [4.78, 5) is 48.9. The van der Waals surface area contributed by atoms with Crippen LogP contribution in [0.1, 0.15) is 27.7 Å². The fourth-order valence-electron chi connectivity index (χ4n) is 2.56. The molecule has 0 radical (unpaired) electrons. The summed E-state index contributed by atoms with van der Waals surface area (Å²) in [6.45, 7) is 19.3. The standard InChI is InChI=1S/C23H30O10/c1-11(2)19(24)29-10-15-16(31-20(25)12(3)4)17(32-21(26)13(5)6)18(23(28-9)30-15)33-22(27)14(7)8/h15-18,23H,1,3,5,7,10H2,2,4,6,8-9H3. The summed E-state index contributed by atoms with van der Waals surface area (Å²) in [6.07, 6.45) is -6.58. The van der Waals surface area contributed by atoms with Crippen LogP contribution in [0.2, 0.25) is 0 Å². The van der Waals surface area contributed by atoms with Gasteiger partial charge in [-0.3, -0.25) is 0 Å². The van der Waals surface area contributed by atoms with Crippen LogP contribution in [-0.2, 0) is 47.6 Å². The van der Waals surface area contributed by atoms with Crippen molar-refractivity contribution >= 4 is 23.9 Å². The van der Waals surface area contributed by atoms with E-state index < -0.39 is 61.2 Å². The molecule has 5 atom stereocenters. The molecule has 10 nitrogen and oxygen atoms in total. The molecule has 33 heavy (non-hydrogen) atoms. The molecule has 0 aromatic rings. The van der Waals surface area contributed by atoms with Gasteiger partial charge in [0, 0.05) is 29.4 Å². The number of carbonyl (C=O) groups excluding carboxylic acids is 4. The van der Waals surface area contributed by atoms with Gasteiger partial charge < -0.3 is 28.4 Å². The maximum absolute atomic E-state index is 12.4. The third-order valence-electron chi connectivity index (χ3n) is 4.33. The zero-order valence-corrected chi connectivity index (χ0v) is 19.5. The van der Waals surface area contributed by atoms with Crippen molar-refractivity contribution in [1.29, 1.82) is 0 Å². The lowest BCUT2D eigenvalue weighted by atomic mass is 9.97. The van der Waals surface area contributed by atoms with E-state index in [0.29, 0.717) is 0 Å². The van der Waals surface area contributed by atoms with Gasteiger partial charge in [0.2, 0.25) is 0 Å². The van der Waals surface area contributed by atoms with E-state index >= 15 is 0 Å². The van der Waals surface area contributed by atoms with Crippen LogP contribution in [0.3, 0.4) is 0 Å². The minimum Gasteiger partial charge on any atom is -0.459 e. The molecule has 0 aliphatic carbocycles.